The predicted molar refractivity (Wildman–Crippen MR) is 81.7 cm³/mol. The number of benzene rings is 1. The van der Waals surface area contributed by atoms with Gasteiger partial charge in [-0.2, -0.15) is 8.78 Å². The number of nitrogens with one attached hydrogen (secondary N) is 1. The maximum absolute atomic E-state index is 12.1. The van der Waals surface area contributed by atoms with Gasteiger partial charge >= 0.3 is 6.61 Å². The third-order valence-electron chi connectivity index (χ3n) is 3.46. The SMILES string of the molecule is C=CCCNC(C)(CN)CCc1ccc(OC(F)F)cc1. The lowest BCUT2D eigenvalue weighted by Crippen LogP contribution is -2.49. The van der Waals surface area contributed by atoms with Crippen LogP contribution in [0.15, 0.2) is 36.9 Å². The van der Waals surface area contributed by atoms with Crippen LogP contribution in [0.1, 0.15) is 25.3 Å². The molecule has 0 bridgehead atoms. The summed E-state index contributed by atoms with van der Waals surface area (Å²) in [5.74, 6) is 0.180. The number of ether oxygens (including phenoxy) is 1. The van der Waals surface area contributed by atoms with E-state index < -0.39 is 6.61 Å². The third-order valence-corrected chi connectivity index (χ3v) is 3.46. The molecule has 1 rings (SSSR count). The van der Waals surface area contributed by atoms with E-state index in [0.717, 1.165) is 31.4 Å². The molecule has 1 atom stereocenters. The third kappa shape index (κ3) is 6.69. The Labute approximate surface area is 125 Å². The fourth-order valence-electron chi connectivity index (χ4n) is 2.00. The van der Waals surface area contributed by atoms with Crippen molar-refractivity contribution in [3.63, 3.8) is 0 Å². The number of hydrogen-bond donors (Lipinski definition) is 2. The van der Waals surface area contributed by atoms with Crippen molar-refractivity contribution < 1.29 is 13.5 Å². The van der Waals surface area contributed by atoms with Crippen LogP contribution in [0.25, 0.3) is 0 Å². The van der Waals surface area contributed by atoms with E-state index in [1.54, 1.807) is 24.3 Å². The van der Waals surface area contributed by atoms with E-state index in [-0.39, 0.29) is 11.3 Å². The van der Waals surface area contributed by atoms with Crippen LogP contribution in [-0.2, 0) is 6.42 Å². The molecule has 0 spiro atoms. The number of aryl methyl sites for hydroxylation is 1. The summed E-state index contributed by atoms with van der Waals surface area (Å²) in [5.41, 5.74) is 6.77. The maximum atomic E-state index is 12.1. The second kappa shape index (κ2) is 8.74. The fraction of sp³-hybridized carbons (Fsp3) is 0.500. The van der Waals surface area contributed by atoms with Crippen molar-refractivity contribution in [2.24, 2.45) is 5.73 Å². The molecule has 0 saturated heterocycles. The molecule has 0 aliphatic carbocycles. The first-order valence-corrected chi connectivity index (χ1v) is 7.09. The molecule has 5 heteroatoms. The number of alkyl halides is 2. The van der Waals surface area contributed by atoms with Crippen LogP contribution in [0.4, 0.5) is 8.78 Å². The standard InChI is InChI=1S/C16H24F2N2O/c1-3-4-11-20-16(2,12-19)10-9-13-5-7-14(8-6-13)21-15(17)18/h3,5-8,15,20H,1,4,9-12,19H2,2H3. The Morgan fingerprint density at radius 1 is 1.38 bits per heavy atom. The monoisotopic (exact) mass is 298 g/mol. The Bertz CT molecular complexity index is 423. The van der Waals surface area contributed by atoms with Crippen LogP contribution < -0.4 is 15.8 Å². The van der Waals surface area contributed by atoms with Gasteiger partial charge in [-0.25, -0.2) is 0 Å². The number of rotatable bonds is 10. The zero-order valence-electron chi connectivity index (χ0n) is 12.4. The van der Waals surface area contributed by atoms with Crippen LogP contribution in [0.2, 0.25) is 0 Å². The van der Waals surface area contributed by atoms with Gasteiger partial charge in [-0.3, -0.25) is 0 Å². The van der Waals surface area contributed by atoms with E-state index in [0.29, 0.717) is 6.54 Å². The molecular weight excluding hydrogens is 274 g/mol. The Hall–Kier alpha value is -1.46. The molecule has 0 radical (unpaired) electrons. The van der Waals surface area contributed by atoms with Crippen molar-refractivity contribution in [1.82, 2.24) is 5.32 Å². The van der Waals surface area contributed by atoms with Crippen LogP contribution in [0, 0.1) is 0 Å². The molecule has 1 aromatic carbocycles. The van der Waals surface area contributed by atoms with Gasteiger partial charge in [0, 0.05) is 12.1 Å². The van der Waals surface area contributed by atoms with Crippen molar-refractivity contribution >= 4 is 0 Å². The lowest BCUT2D eigenvalue weighted by molar-refractivity contribution is -0.0498. The highest BCUT2D eigenvalue weighted by Crippen LogP contribution is 2.18. The quantitative estimate of drug-likeness (QED) is 0.515. The first-order valence-electron chi connectivity index (χ1n) is 7.09. The van der Waals surface area contributed by atoms with Gasteiger partial charge in [0.1, 0.15) is 5.75 Å². The highest BCUT2D eigenvalue weighted by atomic mass is 19.3. The van der Waals surface area contributed by atoms with Crippen LogP contribution in [-0.4, -0.2) is 25.2 Å². The molecule has 0 amide bonds. The molecule has 0 fully saturated rings. The summed E-state index contributed by atoms with van der Waals surface area (Å²) in [6.07, 6.45) is 4.46. The van der Waals surface area contributed by atoms with Crippen molar-refractivity contribution in [3.05, 3.63) is 42.5 Å². The average Bonchev–Trinajstić information content (AvgIpc) is 2.46. The molecule has 0 aliphatic heterocycles. The van der Waals surface area contributed by atoms with Crippen LogP contribution >= 0.6 is 0 Å². The first kappa shape index (κ1) is 17.6. The zero-order valence-corrected chi connectivity index (χ0v) is 12.4. The van der Waals surface area contributed by atoms with Crippen LogP contribution in [0.3, 0.4) is 0 Å². The predicted octanol–water partition coefficient (Wildman–Crippen LogP) is 3.10. The van der Waals surface area contributed by atoms with E-state index in [9.17, 15) is 8.78 Å². The lowest BCUT2D eigenvalue weighted by atomic mass is 9.93. The molecule has 0 aliphatic rings. The van der Waals surface area contributed by atoms with Gasteiger partial charge in [-0.05, 0) is 50.4 Å². The van der Waals surface area contributed by atoms with Gasteiger partial charge in [-0.1, -0.05) is 18.2 Å². The van der Waals surface area contributed by atoms with Gasteiger partial charge < -0.3 is 15.8 Å². The average molecular weight is 298 g/mol. The molecular formula is C16H24F2N2O. The second-order valence-corrected chi connectivity index (χ2v) is 5.29. The Morgan fingerprint density at radius 3 is 2.57 bits per heavy atom. The normalized spacial score (nSPS) is 14.0. The Morgan fingerprint density at radius 2 is 2.05 bits per heavy atom. The largest absolute Gasteiger partial charge is 0.435 e. The van der Waals surface area contributed by atoms with Gasteiger partial charge in [0.05, 0.1) is 0 Å². The molecule has 3 N–H and O–H groups in total. The van der Waals surface area contributed by atoms with Crippen molar-refractivity contribution in [2.75, 3.05) is 13.1 Å². The summed E-state index contributed by atoms with van der Waals surface area (Å²) < 4.78 is 28.5. The molecule has 0 heterocycles. The molecule has 1 unspecified atom stereocenters. The van der Waals surface area contributed by atoms with Crippen molar-refractivity contribution in [3.8, 4) is 5.75 Å². The van der Waals surface area contributed by atoms with E-state index in [1.807, 2.05) is 6.08 Å². The van der Waals surface area contributed by atoms with Gasteiger partial charge in [0.25, 0.3) is 0 Å². The molecule has 1 aromatic rings. The summed E-state index contributed by atoms with van der Waals surface area (Å²) in [6, 6.07) is 6.73. The van der Waals surface area contributed by atoms with E-state index in [2.05, 4.69) is 23.6 Å². The van der Waals surface area contributed by atoms with Crippen molar-refractivity contribution in [2.45, 2.75) is 38.3 Å². The fourth-order valence-corrected chi connectivity index (χ4v) is 2.00. The summed E-state index contributed by atoms with van der Waals surface area (Å²) in [7, 11) is 0. The number of nitrogens with two attached hydrogens (primary N) is 1. The minimum atomic E-state index is -2.79. The van der Waals surface area contributed by atoms with Gasteiger partial charge in [-0.15, -0.1) is 6.58 Å². The second-order valence-electron chi connectivity index (χ2n) is 5.29. The topological polar surface area (TPSA) is 47.3 Å². The minimum absolute atomic E-state index is 0.138. The Balaban J connectivity index is 2.50. The molecule has 118 valence electrons. The smallest absolute Gasteiger partial charge is 0.387 e. The number of halogens is 2. The summed E-state index contributed by atoms with van der Waals surface area (Å²) in [5, 5.41) is 3.43. The van der Waals surface area contributed by atoms with Gasteiger partial charge in [0.2, 0.25) is 0 Å². The van der Waals surface area contributed by atoms with E-state index in [4.69, 9.17) is 5.73 Å². The van der Waals surface area contributed by atoms with Gasteiger partial charge in [0.15, 0.2) is 0 Å². The lowest BCUT2D eigenvalue weighted by Gasteiger charge is -2.29. The Kier molecular flexibility index (Phi) is 7.32. The zero-order chi connectivity index (χ0) is 15.7. The summed E-state index contributed by atoms with van der Waals surface area (Å²) >= 11 is 0. The van der Waals surface area contributed by atoms with Crippen molar-refractivity contribution in [1.29, 1.82) is 0 Å². The van der Waals surface area contributed by atoms with E-state index in [1.165, 1.54) is 0 Å². The molecule has 3 nitrogen and oxygen atoms in total. The number of hydrogen-bond acceptors (Lipinski definition) is 3. The van der Waals surface area contributed by atoms with Crippen LogP contribution in [0.5, 0.6) is 5.75 Å². The molecule has 0 saturated carbocycles. The molecule has 21 heavy (non-hydrogen) atoms. The minimum Gasteiger partial charge on any atom is -0.435 e. The highest BCUT2D eigenvalue weighted by molar-refractivity contribution is 5.27. The van der Waals surface area contributed by atoms with E-state index >= 15 is 0 Å². The highest BCUT2D eigenvalue weighted by Gasteiger charge is 2.20. The summed E-state index contributed by atoms with van der Waals surface area (Å²) in [4.78, 5) is 0. The first-order chi connectivity index (χ1) is 9.99. The summed E-state index contributed by atoms with van der Waals surface area (Å²) in [6.45, 7) is 4.38. The molecule has 0 aromatic heterocycles. The maximum Gasteiger partial charge on any atom is 0.387 e.